The molecule has 0 aliphatic carbocycles. The number of carbonyl (C=O) groups is 2. The molecular formula is C32H42N6O3. The number of benzene rings is 3. The highest BCUT2D eigenvalue weighted by Gasteiger charge is 2.34. The molecule has 3 rings (SSSR count). The van der Waals surface area contributed by atoms with Gasteiger partial charge < -0.3 is 31.7 Å². The summed E-state index contributed by atoms with van der Waals surface area (Å²) in [5.41, 5.74) is 19.4. The van der Waals surface area contributed by atoms with Gasteiger partial charge in [-0.15, -0.1) is 0 Å². The van der Waals surface area contributed by atoms with Gasteiger partial charge in [0.25, 0.3) is 0 Å². The van der Waals surface area contributed by atoms with Crippen LogP contribution in [0.15, 0.2) is 89.9 Å². The van der Waals surface area contributed by atoms with Crippen molar-refractivity contribution in [1.82, 2.24) is 9.80 Å². The van der Waals surface area contributed by atoms with E-state index in [1.165, 1.54) is 0 Å². The molecule has 3 aromatic carbocycles. The zero-order valence-electron chi connectivity index (χ0n) is 24.0. The van der Waals surface area contributed by atoms with Gasteiger partial charge in [0.1, 0.15) is 11.8 Å². The molecule has 218 valence electrons. The maximum absolute atomic E-state index is 14.5. The van der Waals surface area contributed by atoms with Crippen molar-refractivity contribution in [2.75, 3.05) is 33.8 Å². The minimum Gasteiger partial charge on any atom is -0.494 e. The molecule has 9 heteroatoms. The Labute approximate surface area is 243 Å². The Morgan fingerprint density at radius 2 is 1.41 bits per heavy atom. The van der Waals surface area contributed by atoms with Gasteiger partial charge in [0.05, 0.1) is 12.5 Å². The molecule has 41 heavy (non-hydrogen) atoms. The average molecular weight is 559 g/mol. The first kappa shape index (κ1) is 31.2. The van der Waals surface area contributed by atoms with Gasteiger partial charge in [0, 0.05) is 19.6 Å². The summed E-state index contributed by atoms with van der Waals surface area (Å²) in [4.78, 5) is 35.0. The Hall–Kier alpha value is -4.37. The van der Waals surface area contributed by atoms with Crippen LogP contribution < -0.4 is 21.9 Å². The van der Waals surface area contributed by atoms with E-state index in [4.69, 9.17) is 21.9 Å². The van der Waals surface area contributed by atoms with E-state index in [1.807, 2.05) is 99.0 Å². The molecule has 2 amide bonds. The monoisotopic (exact) mass is 558 g/mol. The second kappa shape index (κ2) is 16.0. The van der Waals surface area contributed by atoms with Crippen molar-refractivity contribution in [1.29, 1.82) is 0 Å². The fourth-order valence-electron chi connectivity index (χ4n) is 4.68. The van der Waals surface area contributed by atoms with Crippen molar-refractivity contribution in [3.8, 4) is 5.75 Å². The Balaban J connectivity index is 1.91. The first-order valence-corrected chi connectivity index (χ1v) is 13.9. The van der Waals surface area contributed by atoms with E-state index < -0.39 is 17.9 Å². The van der Waals surface area contributed by atoms with E-state index in [1.54, 1.807) is 4.90 Å². The van der Waals surface area contributed by atoms with Crippen molar-refractivity contribution >= 4 is 17.8 Å². The predicted octanol–water partition coefficient (Wildman–Crippen LogP) is 3.09. The molecule has 3 aromatic rings. The van der Waals surface area contributed by atoms with Crippen molar-refractivity contribution in [2.24, 2.45) is 22.2 Å². The molecule has 0 radical (unpaired) electrons. The van der Waals surface area contributed by atoms with Gasteiger partial charge in [-0.1, -0.05) is 72.8 Å². The number of primary amides is 1. The van der Waals surface area contributed by atoms with Crippen molar-refractivity contribution in [2.45, 2.75) is 37.8 Å². The van der Waals surface area contributed by atoms with Crippen LogP contribution >= 0.6 is 0 Å². The van der Waals surface area contributed by atoms with E-state index in [-0.39, 0.29) is 18.4 Å². The number of rotatable bonds is 16. The second-order valence-corrected chi connectivity index (χ2v) is 10.2. The number of guanidine groups is 1. The van der Waals surface area contributed by atoms with E-state index in [2.05, 4.69) is 9.89 Å². The van der Waals surface area contributed by atoms with E-state index in [0.29, 0.717) is 26.0 Å². The maximum Gasteiger partial charge on any atom is 0.240 e. The fourth-order valence-corrected chi connectivity index (χ4v) is 4.68. The summed E-state index contributed by atoms with van der Waals surface area (Å²) in [6.45, 7) is 2.08. The van der Waals surface area contributed by atoms with Gasteiger partial charge >= 0.3 is 0 Å². The van der Waals surface area contributed by atoms with Gasteiger partial charge in [-0.2, -0.15) is 0 Å². The van der Waals surface area contributed by atoms with Gasteiger partial charge in [-0.05, 0) is 62.2 Å². The largest absolute Gasteiger partial charge is 0.494 e. The topological polar surface area (TPSA) is 140 Å². The highest BCUT2D eigenvalue weighted by Crippen LogP contribution is 2.29. The van der Waals surface area contributed by atoms with E-state index >= 15 is 0 Å². The summed E-state index contributed by atoms with van der Waals surface area (Å²) >= 11 is 0. The summed E-state index contributed by atoms with van der Waals surface area (Å²) < 4.78 is 5.87. The third kappa shape index (κ3) is 9.95. The molecular weight excluding hydrogens is 516 g/mol. The third-order valence-electron chi connectivity index (χ3n) is 6.73. The molecule has 0 aliphatic rings. The zero-order chi connectivity index (χ0) is 29.6. The standard InChI is InChI=1S/C32H42N6O3/c1-37(2)21-10-22-41-27-18-16-24(17-19-27)23-38(28(30(33)39)15-9-20-36-32(34)35)31(40)29(25-11-5-3-6-12-25)26-13-7-4-8-14-26/h3-8,11-14,16-19,28-29H,9-10,15,20-23H2,1-2H3,(H2,33,39)(H4,34,35,36)/t28-/m1/s1. The first-order valence-electron chi connectivity index (χ1n) is 13.9. The van der Waals surface area contributed by atoms with Gasteiger partial charge in [0.2, 0.25) is 11.8 Å². The number of nitrogens with two attached hydrogens (primary N) is 3. The quantitative estimate of drug-likeness (QED) is 0.140. The van der Waals surface area contributed by atoms with E-state index in [9.17, 15) is 9.59 Å². The van der Waals surface area contributed by atoms with Crippen LogP contribution in [0.4, 0.5) is 0 Å². The molecule has 0 bridgehead atoms. The Bertz CT molecular complexity index is 1210. The summed E-state index contributed by atoms with van der Waals surface area (Å²) in [7, 11) is 4.06. The van der Waals surface area contributed by atoms with Crippen molar-refractivity contribution in [3.05, 3.63) is 102 Å². The number of amides is 2. The number of ether oxygens (including phenoxy) is 1. The van der Waals surface area contributed by atoms with Crippen molar-refractivity contribution in [3.63, 3.8) is 0 Å². The van der Waals surface area contributed by atoms with Crippen LogP contribution in [-0.2, 0) is 16.1 Å². The van der Waals surface area contributed by atoms with Crippen LogP contribution in [0, 0.1) is 0 Å². The average Bonchev–Trinajstić information content (AvgIpc) is 2.96. The molecule has 0 unspecified atom stereocenters. The molecule has 9 nitrogen and oxygen atoms in total. The maximum atomic E-state index is 14.5. The fraction of sp³-hybridized carbons (Fsp3) is 0.344. The molecule has 0 saturated heterocycles. The zero-order valence-corrected chi connectivity index (χ0v) is 24.0. The second-order valence-electron chi connectivity index (χ2n) is 10.2. The molecule has 0 heterocycles. The predicted molar refractivity (Wildman–Crippen MR) is 163 cm³/mol. The molecule has 6 N–H and O–H groups in total. The Morgan fingerprint density at radius 1 is 0.829 bits per heavy atom. The van der Waals surface area contributed by atoms with Crippen molar-refractivity contribution < 1.29 is 14.3 Å². The Kier molecular flexibility index (Phi) is 12.2. The summed E-state index contributed by atoms with van der Waals surface area (Å²) in [6, 6.07) is 25.9. The normalized spacial score (nSPS) is 11.7. The van der Waals surface area contributed by atoms with Crippen LogP contribution in [0.1, 0.15) is 41.9 Å². The summed E-state index contributed by atoms with van der Waals surface area (Å²) in [5, 5.41) is 0. The Morgan fingerprint density at radius 3 is 1.93 bits per heavy atom. The lowest BCUT2D eigenvalue weighted by Gasteiger charge is -2.33. The molecule has 0 aromatic heterocycles. The smallest absolute Gasteiger partial charge is 0.240 e. The number of hydrogen-bond acceptors (Lipinski definition) is 5. The number of aliphatic imine (C=N–C) groups is 1. The van der Waals surface area contributed by atoms with Crippen LogP contribution in [-0.4, -0.2) is 67.4 Å². The minimum absolute atomic E-state index is 0.0224. The van der Waals surface area contributed by atoms with E-state index in [0.717, 1.165) is 35.4 Å². The van der Waals surface area contributed by atoms with Gasteiger partial charge in [0.15, 0.2) is 5.96 Å². The molecule has 0 fully saturated rings. The lowest BCUT2D eigenvalue weighted by Crippen LogP contribution is -2.49. The van der Waals surface area contributed by atoms with Crippen LogP contribution in [0.25, 0.3) is 0 Å². The first-order chi connectivity index (χ1) is 19.8. The SMILES string of the molecule is CN(C)CCCOc1ccc(CN(C(=O)C(c2ccccc2)c2ccccc2)[C@H](CCCN=C(N)N)C(N)=O)cc1. The van der Waals surface area contributed by atoms with Gasteiger partial charge in [-0.25, -0.2) is 0 Å². The van der Waals surface area contributed by atoms with Gasteiger partial charge in [-0.3, -0.25) is 14.6 Å². The highest BCUT2D eigenvalue weighted by atomic mass is 16.5. The summed E-state index contributed by atoms with van der Waals surface area (Å²) in [6.07, 6.45) is 1.72. The van der Waals surface area contributed by atoms with Crippen LogP contribution in [0.5, 0.6) is 5.75 Å². The number of nitrogens with zero attached hydrogens (tertiary/aromatic N) is 3. The lowest BCUT2D eigenvalue weighted by atomic mass is 9.89. The third-order valence-corrected chi connectivity index (χ3v) is 6.73. The van der Waals surface area contributed by atoms with Crippen LogP contribution in [0.3, 0.4) is 0 Å². The molecule has 0 aliphatic heterocycles. The number of hydrogen-bond donors (Lipinski definition) is 3. The lowest BCUT2D eigenvalue weighted by molar-refractivity contribution is -0.141. The van der Waals surface area contributed by atoms with Crippen LogP contribution in [0.2, 0.25) is 0 Å². The molecule has 1 atom stereocenters. The highest BCUT2D eigenvalue weighted by molar-refractivity contribution is 5.92. The number of carbonyl (C=O) groups excluding carboxylic acids is 2. The minimum atomic E-state index is -0.853. The molecule has 0 spiro atoms. The summed E-state index contributed by atoms with van der Waals surface area (Å²) in [5.74, 6) is -0.677. The molecule has 0 saturated carbocycles.